The third-order valence-corrected chi connectivity index (χ3v) is 3.91. The second-order valence-electron chi connectivity index (χ2n) is 5.25. The molecule has 0 saturated carbocycles. The second-order valence-corrected chi connectivity index (χ2v) is 5.25. The number of rotatable bonds is 5. The zero-order valence-corrected chi connectivity index (χ0v) is 12.5. The second kappa shape index (κ2) is 6.81. The van der Waals surface area contributed by atoms with E-state index in [4.69, 9.17) is 5.73 Å². The predicted octanol–water partition coefficient (Wildman–Crippen LogP) is 4.33. The summed E-state index contributed by atoms with van der Waals surface area (Å²) < 4.78 is 27.4. The Balaban J connectivity index is 2.26. The Morgan fingerprint density at radius 1 is 0.952 bits per heavy atom. The highest BCUT2D eigenvalue weighted by Crippen LogP contribution is 2.23. The highest BCUT2D eigenvalue weighted by molar-refractivity contribution is 5.34. The van der Waals surface area contributed by atoms with Crippen molar-refractivity contribution < 1.29 is 8.78 Å². The molecule has 0 aliphatic heterocycles. The van der Waals surface area contributed by atoms with Crippen molar-refractivity contribution >= 4 is 0 Å². The van der Waals surface area contributed by atoms with E-state index in [2.05, 4.69) is 26.0 Å². The molecule has 0 bridgehead atoms. The van der Waals surface area contributed by atoms with Crippen molar-refractivity contribution in [3.05, 3.63) is 70.3 Å². The Bertz CT molecular complexity index is 602. The van der Waals surface area contributed by atoms with Gasteiger partial charge in [-0.05, 0) is 48.1 Å². The van der Waals surface area contributed by atoms with Gasteiger partial charge in [-0.2, -0.15) is 0 Å². The molecule has 0 heterocycles. The van der Waals surface area contributed by atoms with Crippen molar-refractivity contribution in [3.8, 4) is 0 Å². The van der Waals surface area contributed by atoms with E-state index >= 15 is 0 Å². The lowest BCUT2D eigenvalue weighted by Crippen LogP contribution is -2.15. The molecule has 0 aliphatic carbocycles. The summed E-state index contributed by atoms with van der Waals surface area (Å²) in [7, 11) is 0. The average Bonchev–Trinajstić information content (AvgIpc) is 2.50. The van der Waals surface area contributed by atoms with E-state index in [0.717, 1.165) is 18.4 Å². The van der Waals surface area contributed by atoms with Gasteiger partial charge in [-0.3, -0.25) is 0 Å². The molecule has 1 unspecified atom stereocenters. The predicted molar refractivity (Wildman–Crippen MR) is 82.2 cm³/mol. The minimum atomic E-state index is -0.536. The van der Waals surface area contributed by atoms with Gasteiger partial charge in [0.15, 0.2) is 0 Å². The van der Waals surface area contributed by atoms with Gasteiger partial charge in [0, 0.05) is 11.6 Å². The molecule has 1 atom stereocenters. The number of hydrogen-bond donors (Lipinski definition) is 1. The van der Waals surface area contributed by atoms with Crippen molar-refractivity contribution in [2.24, 2.45) is 5.73 Å². The molecule has 0 amide bonds. The maximum absolute atomic E-state index is 13.7. The van der Waals surface area contributed by atoms with E-state index in [1.807, 2.05) is 6.07 Å². The highest BCUT2D eigenvalue weighted by atomic mass is 19.1. The minimum Gasteiger partial charge on any atom is -0.324 e. The molecule has 112 valence electrons. The van der Waals surface area contributed by atoms with E-state index in [9.17, 15) is 8.78 Å². The van der Waals surface area contributed by atoms with Gasteiger partial charge < -0.3 is 5.73 Å². The lowest BCUT2D eigenvalue weighted by Gasteiger charge is -2.16. The number of aryl methyl sites for hydroxylation is 2. The first-order chi connectivity index (χ1) is 10.1. The standard InChI is InChI=1S/C18H21F2N/c1-3-12-8-9-14(10-13(12)4-2)18(21)11-15-16(19)6-5-7-17(15)20/h5-10,18H,3-4,11,21H2,1-2H3. The summed E-state index contributed by atoms with van der Waals surface area (Å²) in [5.41, 5.74) is 9.67. The Morgan fingerprint density at radius 2 is 1.57 bits per heavy atom. The fourth-order valence-corrected chi connectivity index (χ4v) is 2.62. The molecule has 2 N–H and O–H groups in total. The Hall–Kier alpha value is -1.74. The van der Waals surface area contributed by atoms with Gasteiger partial charge in [-0.15, -0.1) is 0 Å². The maximum Gasteiger partial charge on any atom is 0.129 e. The van der Waals surface area contributed by atoms with Crippen molar-refractivity contribution in [1.82, 2.24) is 0 Å². The zero-order chi connectivity index (χ0) is 15.4. The monoisotopic (exact) mass is 289 g/mol. The summed E-state index contributed by atoms with van der Waals surface area (Å²) in [6.07, 6.45) is 2.06. The van der Waals surface area contributed by atoms with Gasteiger partial charge in [0.2, 0.25) is 0 Å². The average molecular weight is 289 g/mol. The largest absolute Gasteiger partial charge is 0.324 e. The maximum atomic E-state index is 13.7. The number of hydrogen-bond acceptors (Lipinski definition) is 1. The highest BCUT2D eigenvalue weighted by Gasteiger charge is 2.15. The summed E-state index contributed by atoms with van der Waals surface area (Å²) in [5.74, 6) is -1.07. The van der Waals surface area contributed by atoms with Crippen LogP contribution in [-0.4, -0.2) is 0 Å². The van der Waals surface area contributed by atoms with Crippen LogP contribution in [0, 0.1) is 11.6 Å². The lowest BCUT2D eigenvalue weighted by atomic mass is 9.94. The van der Waals surface area contributed by atoms with Gasteiger partial charge in [0.1, 0.15) is 11.6 Å². The third kappa shape index (κ3) is 3.48. The van der Waals surface area contributed by atoms with E-state index in [1.165, 1.54) is 29.3 Å². The SMILES string of the molecule is CCc1ccc(C(N)Cc2c(F)cccc2F)cc1CC. The van der Waals surface area contributed by atoms with Crippen LogP contribution in [0.15, 0.2) is 36.4 Å². The Kier molecular flexibility index (Phi) is 5.07. The fourth-order valence-electron chi connectivity index (χ4n) is 2.62. The molecule has 0 spiro atoms. The number of nitrogens with two attached hydrogens (primary N) is 1. The summed E-state index contributed by atoms with van der Waals surface area (Å²) in [6.45, 7) is 4.21. The molecule has 0 saturated heterocycles. The molecule has 0 fully saturated rings. The van der Waals surface area contributed by atoms with Crippen molar-refractivity contribution in [3.63, 3.8) is 0 Å². The van der Waals surface area contributed by atoms with Crippen LogP contribution >= 0.6 is 0 Å². The van der Waals surface area contributed by atoms with Crippen LogP contribution in [0.3, 0.4) is 0 Å². The zero-order valence-electron chi connectivity index (χ0n) is 12.5. The van der Waals surface area contributed by atoms with Crippen LogP contribution in [0.4, 0.5) is 8.78 Å². The van der Waals surface area contributed by atoms with E-state index in [-0.39, 0.29) is 12.0 Å². The molecular weight excluding hydrogens is 268 g/mol. The van der Waals surface area contributed by atoms with Crippen LogP contribution in [-0.2, 0) is 19.3 Å². The van der Waals surface area contributed by atoms with Gasteiger partial charge in [0.05, 0.1) is 0 Å². The Morgan fingerprint density at radius 3 is 2.14 bits per heavy atom. The molecule has 2 aromatic rings. The quantitative estimate of drug-likeness (QED) is 0.871. The smallest absolute Gasteiger partial charge is 0.129 e. The normalized spacial score (nSPS) is 12.4. The molecule has 2 rings (SSSR count). The van der Waals surface area contributed by atoms with Gasteiger partial charge >= 0.3 is 0 Å². The summed E-state index contributed by atoms with van der Waals surface area (Å²) >= 11 is 0. The fraction of sp³-hybridized carbons (Fsp3) is 0.333. The molecule has 3 heteroatoms. The molecule has 21 heavy (non-hydrogen) atoms. The first-order valence-electron chi connectivity index (χ1n) is 7.37. The first kappa shape index (κ1) is 15.6. The summed E-state index contributed by atoms with van der Waals surface area (Å²) in [4.78, 5) is 0. The van der Waals surface area contributed by atoms with E-state index < -0.39 is 17.7 Å². The van der Waals surface area contributed by atoms with Crippen molar-refractivity contribution in [2.45, 2.75) is 39.2 Å². The van der Waals surface area contributed by atoms with Crippen LogP contribution in [0.5, 0.6) is 0 Å². The summed E-state index contributed by atoms with van der Waals surface area (Å²) in [5, 5.41) is 0. The first-order valence-corrected chi connectivity index (χ1v) is 7.37. The third-order valence-electron chi connectivity index (χ3n) is 3.91. The van der Waals surface area contributed by atoms with Gasteiger partial charge in [-0.1, -0.05) is 38.1 Å². The number of halogens is 2. The van der Waals surface area contributed by atoms with Crippen LogP contribution < -0.4 is 5.73 Å². The van der Waals surface area contributed by atoms with E-state index in [1.54, 1.807) is 0 Å². The molecular formula is C18H21F2N. The van der Waals surface area contributed by atoms with Crippen molar-refractivity contribution in [1.29, 1.82) is 0 Å². The van der Waals surface area contributed by atoms with Crippen molar-refractivity contribution in [2.75, 3.05) is 0 Å². The molecule has 0 aromatic heterocycles. The minimum absolute atomic E-state index is 0.0580. The van der Waals surface area contributed by atoms with Crippen LogP contribution in [0.1, 0.15) is 42.1 Å². The molecule has 0 aliphatic rings. The topological polar surface area (TPSA) is 26.0 Å². The van der Waals surface area contributed by atoms with Crippen LogP contribution in [0.25, 0.3) is 0 Å². The van der Waals surface area contributed by atoms with Crippen LogP contribution in [0.2, 0.25) is 0 Å². The lowest BCUT2D eigenvalue weighted by molar-refractivity contribution is 0.539. The molecule has 1 nitrogen and oxygen atoms in total. The van der Waals surface area contributed by atoms with Gasteiger partial charge in [0.25, 0.3) is 0 Å². The van der Waals surface area contributed by atoms with E-state index in [0.29, 0.717) is 0 Å². The number of benzene rings is 2. The van der Waals surface area contributed by atoms with Gasteiger partial charge in [-0.25, -0.2) is 8.78 Å². The molecule has 2 aromatic carbocycles. The molecule has 0 radical (unpaired) electrons. The Labute approximate surface area is 124 Å². The summed E-state index contributed by atoms with van der Waals surface area (Å²) in [6, 6.07) is 9.57.